The average molecular weight is 615 g/mol. The number of aryl methyl sites for hydroxylation is 1. The lowest BCUT2D eigenvalue weighted by Crippen LogP contribution is -2.07. The van der Waals surface area contributed by atoms with Gasteiger partial charge in [0, 0.05) is 30.7 Å². The van der Waals surface area contributed by atoms with Crippen molar-refractivity contribution >= 4 is 61.0 Å². The number of hydrogen-bond acceptors (Lipinski definition) is 6. The molecule has 0 fully saturated rings. The van der Waals surface area contributed by atoms with Crippen LogP contribution in [0.1, 0.15) is 53.1 Å². The highest BCUT2D eigenvalue weighted by molar-refractivity contribution is 7.99. The number of hydrogen-bond donors (Lipinski definition) is 2. The summed E-state index contributed by atoms with van der Waals surface area (Å²) in [5.41, 5.74) is 4.65. The average Bonchev–Trinajstić information content (AvgIpc) is 3.23. The van der Waals surface area contributed by atoms with Crippen LogP contribution in [-0.4, -0.2) is 16.0 Å². The zero-order valence-electron chi connectivity index (χ0n) is 22.8. The van der Waals surface area contributed by atoms with Gasteiger partial charge in [0.15, 0.2) is 0 Å². The summed E-state index contributed by atoms with van der Waals surface area (Å²) in [6.45, 7) is 3.70. The molecule has 2 N–H and O–H groups in total. The fourth-order valence-electron chi connectivity index (χ4n) is 4.90. The Balaban J connectivity index is 1.41. The zero-order valence-corrected chi connectivity index (χ0v) is 25.3. The van der Waals surface area contributed by atoms with Crippen LogP contribution >= 0.6 is 31.3 Å². The minimum absolute atomic E-state index is 0.161. The van der Waals surface area contributed by atoms with E-state index in [1.807, 2.05) is 72.8 Å². The smallest absolute Gasteiger partial charge is 0.481 e. The van der Waals surface area contributed by atoms with Crippen molar-refractivity contribution in [3.05, 3.63) is 118 Å². The van der Waals surface area contributed by atoms with Gasteiger partial charge in [0.05, 0.1) is 5.92 Å². The molecule has 4 aromatic rings. The van der Waals surface area contributed by atoms with Gasteiger partial charge in [0.2, 0.25) is 0 Å². The molecule has 4 aromatic carbocycles. The second kappa shape index (κ2) is 11.5. The molecule has 0 spiro atoms. The molecule has 9 heteroatoms. The number of carbonyl (C=O) groups is 1. The molecule has 0 aliphatic carbocycles. The van der Waals surface area contributed by atoms with E-state index in [0.717, 1.165) is 42.7 Å². The first kappa shape index (κ1) is 28.4. The lowest BCUT2D eigenvalue weighted by atomic mass is 9.98. The van der Waals surface area contributed by atoms with Crippen molar-refractivity contribution in [2.24, 2.45) is 0 Å². The topological polar surface area (TPSA) is 93.1 Å². The van der Waals surface area contributed by atoms with E-state index in [1.165, 1.54) is 11.8 Å². The largest absolute Gasteiger partial charge is 0.584 e. The van der Waals surface area contributed by atoms with Crippen molar-refractivity contribution in [2.45, 2.75) is 45.8 Å². The number of carboxylic acid groups (broad SMARTS) is 1. The number of fused-ring (bicyclic) bond motifs is 4. The van der Waals surface area contributed by atoms with Gasteiger partial charge in [-0.25, -0.2) is 4.57 Å². The number of aliphatic carboxylic acids is 1. The highest BCUT2D eigenvalue weighted by Crippen LogP contribution is 2.55. The fraction of sp³-hybridized carbons (Fsp3) is 0.121. The highest BCUT2D eigenvalue weighted by Gasteiger charge is 2.32. The molecule has 2 aliphatic heterocycles. The number of phosphoric acid groups is 1. The van der Waals surface area contributed by atoms with Crippen LogP contribution in [-0.2, 0) is 24.8 Å². The van der Waals surface area contributed by atoms with E-state index in [4.69, 9.17) is 9.05 Å². The van der Waals surface area contributed by atoms with Gasteiger partial charge >= 0.3 is 13.8 Å². The summed E-state index contributed by atoms with van der Waals surface area (Å²) >= 11 is 3.09. The summed E-state index contributed by atoms with van der Waals surface area (Å²) in [5.74, 6) is -1.24. The first-order chi connectivity index (χ1) is 20.2. The van der Waals surface area contributed by atoms with Gasteiger partial charge in [0.25, 0.3) is 0 Å². The first-order valence-electron chi connectivity index (χ1n) is 13.4. The number of benzene rings is 4. The lowest BCUT2D eigenvalue weighted by molar-refractivity contribution is -0.138. The van der Waals surface area contributed by atoms with Crippen LogP contribution in [0, 0.1) is 0 Å². The normalized spacial score (nSPS) is 15.6. The maximum absolute atomic E-state index is 13.8. The number of rotatable bonds is 7. The Kier molecular flexibility index (Phi) is 7.81. The van der Waals surface area contributed by atoms with Crippen LogP contribution in [0.5, 0.6) is 0 Å². The zero-order chi connectivity index (χ0) is 29.4. The van der Waals surface area contributed by atoms with Crippen LogP contribution in [0.3, 0.4) is 0 Å². The van der Waals surface area contributed by atoms with Crippen molar-refractivity contribution in [1.29, 1.82) is 0 Å². The SMILES string of the molecule is CCc1cccc2c1Sc1ccccc1C=C2OP(=O)(O)OC1=Cc2cc(C(C)C(=O)O)ccc2Sc2ccccc21. The summed E-state index contributed by atoms with van der Waals surface area (Å²) in [6, 6.07) is 26.6. The molecule has 0 saturated heterocycles. The summed E-state index contributed by atoms with van der Waals surface area (Å²) in [4.78, 5) is 26.6. The molecule has 42 heavy (non-hydrogen) atoms. The van der Waals surface area contributed by atoms with E-state index < -0.39 is 19.7 Å². The van der Waals surface area contributed by atoms with Gasteiger partial charge in [-0.15, -0.1) is 0 Å². The van der Waals surface area contributed by atoms with Crippen LogP contribution < -0.4 is 0 Å². The predicted octanol–water partition coefficient (Wildman–Crippen LogP) is 9.20. The second-order valence-corrected chi connectivity index (χ2v) is 13.3. The highest BCUT2D eigenvalue weighted by atomic mass is 32.2. The molecule has 6 rings (SSSR count). The van der Waals surface area contributed by atoms with E-state index >= 15 is 0 Å². The van der Waals surface area contributed by atoms with Gasteiger partial charge in [-0.05, 0) is 72.0 Å². The van der Waals surface area contributed by atoms with E-state index in [2.05, 4.69) is 6.92 Å². The minimum Gasteiger partial charge on any atom is -0.481 e. The van der Waals surface area contributed by atoms with Crippen molar-refractivity contribution in [1.82, 2.24) is 0 Å². The molecule has 212 valence electrons. The summed E-state index contributed by atoms with van der Waals surface area (Å²) in [6.07, 6.45) is 4.25. The summed E-state index contributed by atoms with van der Waals surface area (Å²) in [7, 11) is -4.72. The molecule has 2 unspecified atom stereocenters. The molecule has 0 amide bonds. The summed E-state index contributed by atoms with van der Waals surface area (Å²) in [5, 5.41) is 9.54. The summed E-state index contributed by atoms with van der Waals surface area (Å²) < 4.78 is 25.5. The van der Waals surface area contributed by atoms with E-state index in [0.29, 0.717) is 16.7 Å². The van der Waals surface area contributed by atoms with E-state index in [9.17, 15) is 19.4 Å². The standard InChI is InChI=1S/C33H27O6PS2/c1-3-21-10-8-12-26-28(18-23-9-4-6-13-29(23)42-32(21)26)39-40(36,37)38-27-19-24-17-22(20(2)33(34)35)15-16-30(24)41-31-14-7-5-11-25(27)31/h4-20H,3H2,1-2H3,(H,34,35)(H,36,37). The van der Waals surface area contributed by atoms with E-state index in [-0.39, 0.29) is 11.5 Å². The van der Waals surface area contributed by atoms with Crippen LogP contribution in [0.25, 0.3) is 23.7 Å². The molecule has 0 aromatic heterocycles. The van der Waals surface area contributed by atoms with Crippen LogP contribution in [0.2, 0.25) is 0 Å². The van der Waals surface area contributed by atoms with Gasteiger partial charge in [0.1, 0.15) is 11.5 Å². The third kappa shape index (κ3) is 5.68. The van der Waals surface area contributed by atoms with Crippen molar-refractivity contribution in [3.63, 3.8) is 0 Å². The molecule has 0 radical (unpaired) electrons. The molecule has 0 saturated carbocycles. The molecule has 2 heterocycles. The van der Waals surface area contributed by atoms with Gasteiger partial charge in [-0.3, -0.25) is 9.69 Å². The predicted molar refractivity (Wildman–Crippen MR) is 167 cm³/mol. The lowest BCUT2D eigenvalue weighted by Gasteiger charge is -2.20. The van der Waals surface area contributed by atoms with Crippen LogP contribution in [0.4, 0.5) is 0 Å². The number of carboxylic acids is 1. The third-order valence-corrected chi connectivity index (χ3v) is 10.5. The monoisotopic (exact) mass is 614 g/mol. The van der Waals surface area contributed by atoms with E-state index in [1.54, 1.807) is 43.0 Å². The Hall–Kier alpha value is -3.68. The fourth-order valence-corrected chi connectivity index (χ4v) is 8.00. The van der Waals surface area contributed by atoms with Gasteiger partial charge < -0.3 is 14.2 Å². The molecular formula is C33H27O6PS2. The maximum atomic E-state index is 13.8. The molecular weight excluding hydrogens is 587 g/mol. The molecule has 6 nitrogen and oxygen atoms in total. The Labute approximate surface area is 252 Å². The Morgan fingerprint density at radius 2 is 1.45 bits per heavy atom. The Morgan fingerprint density at radius 3 is 2.21 bits per heavy atom. The quantitative estimate of drug-likeness (QED) is 0.199. The van der Waals surface area contributed by atoms with Crippen LogP contribution in [0.15, 0.2) is 105 Å². The Bertz CT molecular complexity index is 1830. The third-order valence-electron chi connectivity index (χ3n) is 7.15. The van der Waals surface area contributed by atoms with Crippen molar-refractivity contribution in [3.8, 4) is 0 Å². The van der Waals surface area contributed by atoms with Crippen molar-refractivity contribution in [2.75, 3.05) is 0 Å². The van der Waals surface area contributed by atoms with Crippen molar-refractivity contribution < 1.29 is 28.4 Å². The van der Waals surface area contributed by atoms with Gasteiger partial charge in [-0.1, -0.05) is 91.1 Å². The minimum atomic E-state index is -4.72. The van der Waals surface area contributed by atoms with Gasteiger partial charge in [-0.2, -0.15) is 0 Å². The molecule has 2 aliphatic rings. The number of phosphoric ester groups is 1. The Morgan fingerprint density at radius 1 is 0.810 bits per heavy atom. The maximum Gasteiger partial charge on any atom is 0.584 e. The molecule has 2 atom stereocenters. The second-order valence-electron chi connectivity index (χ2n) is 9.91. The molecule has 0 bridgehead atoms. The first-order valence-corrected chi connectivity index (χ1v) is 16.5.